The summed E-state index contributed by atoms with van der Waals surface area (Å²) in [6, 6.07) is 0. The van der Waals surface area contributed by atoms with Crippen molar-refractivity contribution in [1.82, 2.24) is 0 Å². The third kappa shape index (κ3) is 5.39. The van der Waals surface area contributed by atoms with Crippen LogP contribution in [0.1, 0.15) is 54.4 Å². The Morgan fingerprint density at radius 1 is 1.26 bits per heavy atom. The van der Waals surface area contributed by atoms with Crippen LogP contribution in [-0.4, -0.2) is 43.6 Å². The lowest BCUT2D eigenvalue weighted by atomic mass is 10.0. The minimum atomic E-state index is -1.95. The van der Waals surface area contributed by atoms with Gasteiger partial charge in [0, 0.05) is 0 Å². The molecule has 1 N–H and O–H groups in total. The lowest BCUT2D eigenvalue weighted by Gasteiger charge is -2.41. The Labute approximate surface area is 143 Å². The minimum Gasteiger partial charge on any atom is -0.411 e. The van der Waals surface area contributed by atoms with E-state index in [1.54, 1.807) is 6.92 Å². The summed E-state index contributed by atoms with van der Waals surface area (Å²) in [5.74, 6) is -0.699. The Balaban J connectivity index is 3.03. The predicted octanol–water partition coefficient (Wildman–Crippen LogP) is 4.24. The Morgan fingerprint density at radius 3 is 2.22 bits per heavy atom. The second kappa shape index (κ2) is 7.36. The van der Waals surface area contributed by atoms with Crippen molar-refractivity contribution < 1.29 is 19.0 Å². The van der Waals surface area contributed by atoms with Crippen LogP contribution in [0.2, 0.25) is 18.1 Å². The summed E-state index contributed by atoms with van der Waals surface area (Å²) in [5.41, 5.74) is 0. The van der Waals surface area contributed by atoms with E-state index < -0.39 is 20.2 Å². The summed E-state index contributed by atoms with van der Waals surface area (Å²) in [6.07, 6.45) is 2.24. The molecule has 5 heteroatoms. The topological polar surface area (TPSA) is 47.9 Å². The van der Waals surface area contributed by atoms with Crippen molar-refractivity contribution in [3.63, 3.8) is 0 Å². The van der Waals surface area contributed by atoms with Crippen LogP contribution in [0, 0.1) is 0 Å². The smallest absolute Gasteiger partial charge is 0.192 e. The highest BCUT2D eigenvalue weighted by Crippen LogP contribution is 2.41. The molecule has 0 aromatic carbocycles. The molecule has 136 valence electrons. The van der Waals surface area contributed by atoms with Crippen LogP contribution < -0.4 is 0 Å². The van der Waals surface area contributed by atoms with Gasteiger partial charge in [-0.15, -0.1) is 6.58 Å². The van der Waals surface area contributed by atoms with Gasteiger partial charge >= 0.3 is 0 Å². The van der Waals surface area contributed by atoms with Gasteiger partial charge in [0.05, 0.1) is 12.2 Å². The first-order valence-electron chi connectivity index (χ1n) is 8.63. The largest absolute Gasteiger partial charge is 0.411 e. The minimum absolute atomic E-state index is 0.102. The zero-order valence-corrected chi connectivity index (χ0v) is 17.2. The summed E-state index contributed by atoms with van der Waals surface area (Å²) in [4.78, 5) is 0. The van der Waals surface area contributed by atoms with E-state index >= 15 is 0 Å². The molecular weight excluding hydrogens is 308 g/mol. The maximum absolute atomic E-state index is 10.1. The molecule has 1 unspecified atom stereocenters. The molecule has 0 amide bonds. The number of hydrogen-bond acceptors (Lipinski definition) is 4. The van der Waals surface area contributed by atoms with Gasteiger partial charge in [-0.3, -0.25) is 0 Å². The zero-order chi connectivity index (χ0) is 18.1. The molecule has 23 heavy (non-hydrogen) atoms. The average molecular weight is 345 g/mol. The number of aliphatic hydroxyl groups excluding tert-OH is 1. The van der Waals surface area contributed by atoms with Gasteiger partial charge in [0.2, 0.25) is 0 Å². The molecule has 0 bridgehead atoms. The van der Waals surface area contributed by atoms with E-state index in [1.807, 2.05) is 19.9 Å². The molecule has 0 saturated carbocycles. The first-order valence-corrected chi connectivity index (χ1v) is 11.5. The number of rotatable bonds is 7. The lowest BCUT2D eigenvalue weighted by molar-refractivity contribution is -0.159. The molecular formula is C18H36O4Si. The molecule has 0 aliphatic carbocycles. The number of hydrogen-bond donors (Lipinski definition) is 1. The first kappa shape index (κ1) is 20.8. The Kier molecular flexibility index (Phi) is 6.67. The summed E-state index contributed by atoms with van der Waals surface area (Å²) in [6.45, 7) is 20.5. The van der Waals surface area contributed by atoms with Crippen molar-refractivity contribution >= 4 is 8.32 Å². The van der Waals surface area contributed by atoms with Crippen LogP contribution in [0.15, 0.2) is 12.7 Å². The molecule has 0 aromatic heterocycles. The molecule has 0 radical (unpaired) electrons. The van der Waals surface area contributed by atoms with Crippen molar-refractivity contribution in [2.45, 2.75) is 103 Å². The Bertz CT molecular complexity index is 398. The molecule has 0 aromatic rings. The van der Waals surface area contributed by atoms with Crippen LogP contribution in [0.25, 0.3) is 0 Å². The summed E-state index contributed by atoms with van der Waals surface area (Å²) >= 11 is 0. The van der Waals surface area contributed by atoms with Crippen LogP contribution in [0.5, 0.6) is 0 Å². The molecule has 1 aliphatic heterocycles. The van der Waals surface area contributed by atoms with Gasteiger partial charge in [0.25, 0.3) is 0 Å². The van der Waals surface area contributed by atoms with Gasteiger partial charge in [0.1, 0.15) is 12.2 Å². The Morgan fingerprint density at radius 2 is 1.78 bits per heavy atom. The van der Waals surface area contributed by atoms with E-state index in [9.17, 15) is 5.11 Å². The first-order chi connectivity index (χ1) is 10.3. The van der Waals surface area contributed by atoms with Crippen molar-refractivity contribution in [2.75, 3.05) is 0 Å². The van der Waals surface area contributed by atoms with Crippen LogP contribution in [-0.2, 0) is 13.9 Å². The highest BCUT2D eigenvalue weighted by Gasteiger charge is 2.49. The summed E-state index contributed by atoms with van der Waals surface area (Å²) < 4.78 is 18.7. The standard InChI is InChI=1S/C18H36O4Si/c1-10-11-12-14(22-23(8,9)17(3,4)5)16-15(13(2)19)20-18(6,7)21-16/h10,13-16,19H,1,11-12H2,2-9H3/t13?,14-,15+,16+/m1/s1. The molecule has 1 saturated heterocycles. The molecule has 1 fully saturated rings. The highest BCUT2D eigenvalue weighted by atomic mass is 28.4. The average Bonchev–Trinajstić information content (AvgIpc) is 2.69. The molecule has 1 heterocycles. The van der Waals surface area contributed by atoms with E-state index in [1.165, 1.54) is 0 Å². The SMILES string of the molecule is C=CCC[C@@H](O[Si](C)(C)C(C)(C)C)[C@@H]1OC(C)(C)O[C@H]1C(C)O. The maximum atomic E-state index is 10.1. The van der Waals surface area contributed by atoms with Gasteiger partial charge in [-0.1, -0.05) is 26.8 Å². The summed E-state index contributed by atoms with van der Waals surface area (Å²) in [5, 5.41) is 10.2. The van der Waals surface area contributed by atoms with Gasteiger partial charge in [-0.2, -0.15) is 0 Å². The van der Waals surface area contributed by atoms with Crippen LogP contribution in [0.3, 0.4) is 0 Å². The fraction of sp³-hybridized carbons (Fsp3) is 0.889. The van der Waals surface area contributed by atoms with E-state index in [0.717, 1.165) is 12.8 Å². The molecule has 4 atom stereocenters. The van der Waals surface area contributed by atoms with Gasteiger partial charge in [0.15, 0.2) is 14.1 Å². The second-order valence-corrected chi connectivity index (χ2v) is 13.3. The lowest BCUT2D eigenvalue weighted by Crippen LogP contribution is -2.50. The van der Waals surface area contributed by atoms with Gasteiger partial charge in [-0.25, -0.2) is 0 Å². The van der Waals surface area contributed by atoms with Gasteiger partial charge < -0.3 is 19.0 Å². The third-order valence-corrected chi connectivity index (χ3v) is 9.42. The van der Waals surface area contributed by atoms with E-state index in [2.05, 4.69) is 40.4 Å². The quantitative estimate of drug-likeness (QED) is 0.554. The second-order valence-electron chi connectivity index (χ2n) is 8.59. The van der Waals surface area contributed by atoms with Crippen molar-refractivity contribution in [1.29, 1.82) is 0 Å². The maximum Gasteiger partial charge on any atom is 0.192 e. The Hall–Kier alpha value is -0.203. The fourth-order valence-electron chi connectivity index (χ4n) is 2.61. The molecule has 1 aliphatic rings. The van der Waals surface area contributed by atoms with E-state index in [-0.39, 0.29) is 23.4 Å². The van der Waals surface area contributed by atoms with Crippen LogP contribution in [0.4, 0.5) is 0 Å². The zero-order valence-electron chi connectivity index (χ0n) is 16.2. The van der Waals surface area contributed by atoms with Crippen molar-refractivity contribution in [3.05, 3.63) is 12.7 Å². The molecule has 0 spiro atoms. The summed E-state index contributed by atoms with van der Waals surface area (Å²) in [7, 11) is -1.95. The van der Waals surface area contributed by atoms with E-state index in [4.69, 9.17) is 13.9 Å². The molecule has 1 rings (SSSR count). The number of aliphatic hydroxyl groups is 1. The normalized spacial score (nSPS) is 27.7. The predicted molar refractivity (Wildman–Crippen MR) is 97.0 cm³/mol. The van der Waals surface area contributed by atoms with Crippen molar-refractivity contribution in [2.24, 2.45) is 0 Å². The highest BCUT2D eigenvalue weighted by molar-refractivity contribution is 6.74. The molecule has 4 nitrogen and oxygen atoms in total. The third-order valence-electron chi connectivity index (χ3n) is 4.91. The van der Waals surface area contributed by atoms with E-state index in [0.29, 0.717) is 0 Å². The van der Waals surface area contributed by atoms with Crippen molar-refractivity contribution in [3.8, 4) is 0 Å². The number of allylic oxidation sites excluding steroid dienone is 1. The fourth-order valence-corrected chi connectivity index (χ4v) is 3.97. The number of ether oxygens (including phenoxy) is 2. The van der Waals surface area contributed by atoms with Crippen LogP contribution >= 0.6 is 0 Å². The van der Waals surface area contributed by atoms with Gasteiger partial charge in [-0.05, 0) is 51.7 Å². The monoisotopic (exact) mass is 344 g/mol.